The summed E-state index contributed by atoms with van der Waals surface area (Å²) in [4.78, 5) is 26.3. The van der Waals surface area contributed by atoms with Crippen LogP contribution >= 0.6 is 0 Å². The van der Waals surface area contributed by atoms with Crippen molar-refractivity contribution in [2.24, 2.45) is 0 Å². The Hall–Kier alpha value is -4.73. The molecule has 5 rings (SSSR count). The second-order valence-electron chi connectivity index (χ2n) is 7.84. The van der Waals surface area contributed by atoms with E-state index < -0.39 is 17.3 Å². The number of fused-ring (bicyclic) bond motifs is 1. The van der Waals surface area contributed by atoms with Crippen LogP contribution < -0.4 is 19.9 Å². The van der Waals surface area contributed by atoms with Gasteiger partial charge in [0.2, 0.25) is 0 Å². The zero-order valence-electron chi connectivity index (χ0n) is 19.4. The fourth-order valence-corrected chi connectivity index (χ4v) is 3.99. The summed E-state index contributed by atoms with van der Waals surface area (Å²) in [6, 6.07) is 15.0. The molecule has 0 atom stereocenters. The Balaban J connectivity index is 1.73. The normalized spacial score (nSPS) is 11.0. The summed E-state index contributed by atoms with van der Waals surface area (Å²) in [5.41, 5.74) is 0.698. The minimum Gasteiger partial charge on any atom is -0.493 e. The number of rotatable bonds is 7. The molecule has 3 aromatic carbocycles. The Labute approximate surface area is 204 Å². The monoisotopic (exact) mass is 489 g/mol. The van der Waals surface area contributed by atoms with Crippen LogP contribution in [0.15, 0.2) is 78.1 Å². The molecule has 5 aromatic rings. The summed E-state index contributed by atoms with van der Waals surface area (Å²) in [7, 11) is 2.56. The Morgan fingerprint density at radius 2 is 1.69 bits per heavy atom. The maximum Gasteiger partial charge on any atom is 0.265 e. The van der Waals surface area contributed by atoms with Crippen LogP contribution in [0, 0.1) is 11.6 Å². The summed E-state index contributed by atoms with van der Waals surface area (Å²) in [6.45, 7) is -0.0319. The van der Waals surface area contributed by atoms with Crippen LogP contribution in [0.2, 0.25) is 0 Å². The van der Waals surface area contributed by atoms with Crippen LogP contribution in [-0.2, 0) is 6.54 Å². The highest BCUT2D eigenvalue weighted by molar-refractivity contribution is 5.84. The zero-order valence-corrected chi connectivity index (χ0v) is 19.4. The average Bonchev–Trinajstić information content (AvgIpc) is 3.42. The third kappa shape index (κ3) is 4.02. The number of benzene rings is 3. The highest BCUT2D eigenvalue weighted by Gasteiger charge is 2.27. The van der Waals surface area contributed by atoms with Crippen LogP contribution in [-0.4, -0.2) is 33.7 Å². The fourth-order valence-electron chi connectivity index (χ4n) is 3.99. The second-order valence-corrected chi connectivity index (χ2v) is 7.84. The van der Waals surface area contributed by atoms with Crippen molar-refractivity contribution in [1.82, 2.24) is 19.5 Å². The van der Waals surface area contributed by atoms with E-state index in [1.54, 1.807) is 36.5 Å². The third-order valence-corrected chi connectivity index (χ3v) is 5.77. The molecule has 0 saturated heterocycles. The molecule has 0 amide bonds. The van der Waals surface area contributed by atoms with E-state index >= 15 is 8.78 Å². The summed E-state index contributed by atoms with van der Waals surface area (Å²) >= 11 is 0. The number of para-hydroxylation sites is 1. The minimum atomic E-state index is -0.921. The van der Waals surface area contributed by atoms with Crippen molar-refractivity contribution in [3.8, 4) is 17.2 Å². The molecular weight excluding hydrogens is 468 g/mol. The van der Waals surface area contributed by atoms with E-state index in [1.165, 1.54) is 36.2 Å². The fraction of sp³-hybridized carbons (Fsp3) is 0.115. The molecule has 2 aromatic heterocycles. The van der Waals surface area contributed by atoms with E-state index in [2.05, 4.69) is 15.0 Å². The van der Waals surface area contributed by atoms with Crippen molar-refractivity contribution in [3.63, 3.8) is 0 Å². The predicted molar refractivity (Wildman–Crippen MR) is 131 cm³/mol. The van der Waals surface area contributed by atoms with Gasteiger partial charge in [0.25, 0.3) is 5.56 Å². The number of halogens is 2. The molecule has 0 aliphatic rings. The SMILES string of the molecule is COc1cc(OC)c(F)c(N(Cc2ncc[nH]2)c2ccc3ncn(-c4ccccc4)c(=O)c3c2)c1F. The number of methoxy groups -OCH3 is 2. The number of aromatic amines is 1. The first-order chi connectivity index (χ1) is 17.5. The highest BCUT2D eigenvalue weighted by atomic mass is 19.1. The van der Waals surface area contributed by atoms with Crippen molar-refractivity contribution >= 4 is 22.3 Å². The van der Waals surface area contributed by atoms with Crippen molar-refractivity contribution in [3.05, 3.63) is 101 Å². The quantitative estimate of drug-likeness (QED) is 0.355. The highest BCUT2D eigenvalue weighted by Crippen LogP contribution is 2.41. The Kier molecular flexibility index (Phi) is 6.07. The minimum absolute atomic E-state index is 0.0319. The summed E-state index contributed by atoms with van der Waals surface area (Å²) in [5, 5.41) is 0.277. The number of nitrogens with one attached hydrogen (secondary N) is 1. The zero-order chi connectivity index (χ0) is 25.2. The lowest BCUT2D eigenvalue weighted by molar-refractivity contribution is 0.358. The van der Waals surface area contributed by atoms with Gasteiger partial charge in [0.15, 0.2) is 23.1 Å². The van der Waals surface area contributed by atoms with E-state index in [0.717, 1.165) is 6.07 Å². The average molecular weight is 489 g/mol. The van der Waals surface area contributed by atoms with Crippen LogP contribution in [0.4, 0.5) is 20.2 Å². The molecular formula is C26H21F2N5O3. The van der Waals surface area contributed by atoms with Crippen molar-refractivity contribution in [2.45, 2.75) is 6.54 Å². The number of imidazole rings is 1. The lowest BCUT2D eigenvalue weighted by Crippen LogP contribution is -2.22. The van der Waals surface area contributed by atoms with Gasteiger partial charge in [-0.2, -0.15) is 0 Å². The molecule has 0 saturated carbocycles. The van der Waals surface area contributed by atoms with Crippen molar-refractivity contribution in [2.75, 3.05) is 19.1 Å². The molecule has 8 nitrogen and oxygen atoms in total. The molecule has 182 valence electrons. The number of nitrogens with zero attached hydrogens (tertiary/aromatic N) is 4. The van der Waals surface area contributed by atoms with E-state index in [-0.39, 0.29) is 29.0 Å². The van der Waals surface area contributed by atoms with Crippen molar-refractivity contribution in [1.29, 1.82) is 0 Å². The van der Waals surface area contributed by atoms with E-state index in [0.29, 0.717) is 22.7 Å². The maximum atomic E-state index is 15.5. The molecule has 0 spiro atoms. The first kappa shape index (κ1) is 23.0. The maximum absolute atomic E-state index is 15.5. The number of anilines is 2. The molecule has 0 fully saturated rings. The van der Waals surface area contributed by atoms with E-state index in [4.69, 9.17) is 9.47 Å². The van der Waals surface area contributed by atoms with Gasteiger partial charge in [0, 0.05) is 24.1 Å². The Morgan fingerprint density at radius 3 is 2.33 bits per heavy atom. The van der Waals surface area contributed by atoms with Gasteiger partial charge < -0.3 is 19.4 Å². The van der Waals surface area contributed by atoms with Gasteiger partial charge in [-0.25, -0.2) is 18.7 Å². The number of hydrogen-bond acceptors (Lipinski definition) is 6. The topological polar surface area (TPSA) is 85.3 Å². The van der Waals surface area contributed by atoms with Gasteiger partial charge in [-0.3, -0.25) is 9.36 Å². The van der Waals surface area contributed by atoms with Gasteiger partial charge in [0.05, 0.1) is 37.4 Å². The van der Waals surface area contributed by atoms with Crippen LogP contribution in [0.25, 0.3) is 16.6 Å². The first-order valence-electron chi connectivity index (χ1n) is 10.9. The molecule has 0 radical (unpaired) electrons. The van der Waals surface area contributed by atoms with E-state index in [1.807, 2.05) is 18.2 Å². The van der Waals surface area contributed by atoms with Crippen molar-refractivity contribution < 1.29 is 18.3 Å². The number of hydrogen-bond donors (Lipinski definition) is 1. The summed E-state index contributed by atoms with van der Waals surface area (Å²) in [5.74, 6) is -1.78. The predicted octanol–water partition coefficient (Wildman–Crippen LogP) is 4.74. The Morgan fingerprint density at radius 1 is 0.972 bits per heavy atom. The molecule has 1 N–H and O–H groups in total. The molecule has 2 heterocycles. The van der Waals surface area contributed by atoms with Gasteiger partial charge in [-0.15, -0.1) is 0 Å². The molecule has 0 unspecified atom stereocenters. The number of aromatic nitrogens is 4. The summed E-state index contributed by atoms with van der Waals surface area (Å²) < 4.78 is 42.7. The largest absolute Gasteiger partial charge is 0.493 e. The van der Waals surface area contributed by atoms with Crippen LogP contribution in [0.3, 0.4) is 0 Å². The number of ether oxygens (including phenoxy) is 2. The molecule has 0 aliphatic heterocycles. The lowest BCUT2D eigenvalue weighted by Gasteiger charge is -2.26. The van der Waals surface area contributed by atoms with E-state index in [9.17, 15) is 4.79 Å². The number of H-pyrrole nitrogens is 1. The van der Waals surface area contributed by atoms with Crippen LogP contribution in [0.1, 0.15) is 5.82 Å². The molecule has 0 bridgehead atoms. The van der Waals surface area contributed by atoms with Gasteiger partial charge in [-0.05, 0) is 30.3 Å². The standard InChI is InChI=1S/C26H21F2N5O3/c1-35-20-13-21(36-2)24(28)25(23(20)27)32(14-22-29-10-11-30-22)17-8-9-19-18(12-17)26(34)33(15-31-19)16-6-4-3-5-7-16/h3-13,15H,14H2,1-2H3,(H,29,30). The lowest BCUT2D eigenvalue weighted by atomic mass is 10.1. The van der Waals surface area contributed by atoms with Gasteiger partial charge in [-0.1, -0.05) is 18.2 Å². The third-order valence-electron chi connectivity index (χ3n) is 5.77. The smallest absolute Gasteiger partial charge is 0.265 e. The molecule has 0 aliphatic carbocycles. The van der Waals surface area contributed by atoms with Crippen LogP contribution in [0.5, 0.6) is 11.5 Å². The van der Waals surface area contributed by atoms with Gasteiger partial charge >= 0.3 is 0 Å². The van der Waals surface area contributed by atoms with Gasteiger partial charge in [0.1, 0.15) is 17.8 Å². The first-order valence-corrected chi connectivity index (χ1v) is 10.9. The summed E-state index contributed by atoms with van der Waals surface area (Å²) in [6.07, 6.45) is 4.59. The second kappa shape index (κ2) is 9.49. The molecule has 36 heavy (non-hydrogen) atoms. The Bertz CT molecular complexity index is 1560. The molecule has 10 heteroatoms.